The molecule has 0 aliphatic carbocycles. The highest BCUT2D eigenvalue weighted by molar-refractivity contribution is 8.18. The second-order valence-electron chi connectivity index (χ2n) is 5.99. The van der Waals surface area contributed by atoms with Crippen molar-refractivity contribution in [2.24, 2.45) is 4.99 Å². The van der Waals surface area contributed by atoms with Crippen molar-refractivity contribution in [2.75, 3.05) is 6.61 Å². The van der Waals surface area contributed by atoms with Crippen molar-refractivity contribution in [3.8, 4) is 5.75 Å². The summed E-state index contributed by atoms with van der Waals surface area (Å²) in [6, 6.07) is 15.0. The molecule has 0 radical (unpaired) electrons. The van der Waals surface area contributed by atoms with Crippen molar-refractivity contribution >= 4 is 40.6 Å². The summed E-state index contributed by atoms with van der Waals surface area (Å²) < 4.78 is 5.55. The van der Waals surface area contributed by atoms with Gasteiger partial charge in [-0.2, -0.15) is 0 Å². The Morgan fingerprint density at radius 2 is 1.96 bits per heavy atom. The number of nitrogens with zero attached hydrogens (tertiary/aromatic N) is 1. The Bertz CT molecular complexity index is 953. The third kappa shape index (κ3) is 5.01. The number of aliphatic imine (C=N–C) groups is 1. The van der Waals surface area contributed by atoms with E-state index in [0.717, 1.165) is 17.7 Å². The van der Waals surface area contributed by atoms with E-state index in [1.54, 1.807) is 18.2 Å². The molecule has 1 fully saturated rings. The maximum atomic E-state index is 12.3. The van der Waals surface area contributed by atoms with Gasteiger partial charge in [0, 0.05) is 5.56 Å². The smallest absolute Gasteiger partial charge is 0.306 e. The summed E-state index contributed by atoms with van der Waals surface area (Å²) in [5.41, 5.74) is 2.66. The number of para-hydroxylation sites is 2. The molecule has 0 aromatic heterocycles. The number of aliphatic carboxylic acids is 1. The Balaban J connectivity index is 1.80. The first kappa shape index (κ1) is 19.7. The van der Waals surface area contributed by atoms with E-state index in [2.05, 4.69) is 17.2 Å². The first-order valence-electron chi connectivity index (χ1n) is 8.88. The van der Waals surface area contributed by atoms with E-state index in [4.69, 9.17) is 9.84 Å². The SMILES string of the molecule is CCc1ccccc1N=C1NC(=O)/C(=C\c2ccccc2OCCC(=O)O)S1. The van der Waals surface area contributed by atoms with Crippen LogP contribution in [0.15, 0.2) is 58.4 Å². The lowest BCUT2D eigenvalue weighted by Gasteiger charge is -2.08. The zero-order chi connectivity index (χ0) is 19.9. The molecule has 3 rings (SSSR count). The predicted octanol–water partition coefficient (Wildman–Crippen LogP) is 3.99. The molecule has 2 N–H and O–H groups in total. The van der Waals surface area contributed by atoms with E-state index in [1.165, 1.54) is 11.8 Å². The normalized spacial score (nSPS) is 16.4. The predicted molar refractivity (Wildman–Crippen MR) is 111 cm³/mol. The highest BCUT2D eigenvalue weighted by Gasteiger charge is 2.24. The lowest BCUT2D eigenvalue weighted by atomic mass is 10.1. The van der Waals surface area contributed by atoms with Crippen molar-refractivity contribution in [2.45, 2.75) is 19.8 Å². The van der Waals surface area contributed by atoms with E-state index in [9.17, 15) is 9.59 Å². The fourth-order valence-corrected chi connectivity index (χ4v) is 3.46. The van der Waals surface area contributed by atoms with Crippen LogP contribution >= 0.6 is 11.8 Å². The van der Waals surface area contributed by atoms with Gasteiger partial charge in [-0.15, -0.1) is 0 Å². The fraction of sp³-hybridized carbons (Fsp3) is 0.190. The fourth-order valence-electron chi connectivity index (χ4n) is 2.63. The minimum atomic E-state index is -0.922. The number of thioether (sulfide) groups is 1. The third-order valence-electron chi connectivity index (χ3n) is 4.02. The maximum absolute atomic E-state index is 12.3. The van der Waals surface area contributed by atoms with E-state index >= 15 is 0 Å². The van der Waals surface area contributed by atoms with E-state index in [1.807, 2.05) is 36.4 Å². The molecule has 0 atom stereocenters. The largest absolute Gasteiger partial charge is 0.492 e. The standard InChI is InChI=1S/C21H20N2O4S/c1-2-14-7-3-5-9-16(14)22-21-23-20(26)18(28-21)13-15-8-4-6-10-17(15)27-12-11-19(24)25/h3-10,13H,2,11-12H2,1H3,(H,24,25)(H,22,23,26)/b18-13+. The number of amides is 1. The second kappa shape index (κ2) is 9.23. The van der Waals surface area contributed by atoms with Crippen LogP contribution in [0.25, 0.3) is 6.08 Å². The number of aryl methyl sites for hydroxylation is 1. The number of carboxylic acids is 1. The molecule has 2 aromatic rings. The number of hydrogen-bond acceptors (Lipinski definition) is 5. The van der Waals surface area contributed by atoms with E-state index in [0.29, 0.717) is 21.4 Å². The molecular weight excluding hydrogens is 376 g/mol. The zero-order valence-corrected chi connectivity index (χ0v) is 16.2. The van der Waals surface area contributed by atoms with Crippen LogP contribution in [0.3, 0.4) is 0 Å². The number of carbonyl (C=O) groups excluding carboxylic acids is 1. The van der Waals surface area contributed by atoms with Crippen LogP contribution in [-0.4, -0.2) is 28.8 Å². The summed E-state index contributed by atoms with van der Waals surface area (Å²) >= 11 is 1.27. The van der Waals surface area contributed by atoms with Gasteiger partial charge in [-0.1, -0.05) is 43.3 Å². The quantitative estimate of drug-likeness (QED) is 0.691. The molecule has 0 bridgehead atoms. The zero-order valence-electron chi connectivity index (χ0n) is 15.3. The van der Waals surface area contributed by atoms with Crippen molar-refractivity contribution in [3.05, 3.63) is 64.6 Å². The molecule has 1 aliphatic rings. The highest BCUT2D eigenvalue weighted by Crippen LogP contribution is 2.31. The summed E-state index contributed by atoms with van der Waals surface area (Å²) in [5.74, 6) is -0.612. The summed E-state index contributed by atoms with van der Waals surface area (Å²) in [5, 5.41) is 12.1. The van der Waals surface area contributed by atoms with Crippen molar-refractivity contribution in [3.63, 3.8) is 0 Å². The van der Waals surface area contributed by atoms with Gasteiger partial charge in [0.2, 0.25) is 0 Å². The summed E-state index contributed by atoms with van der Waals surface area (Å²) in [7, 11) is 0. The van der Waals surface area contributed by atoms with Crippen LogP contribution in [0, 0.1) is 0 Å². The van der Waals surface area contributed by atoms with Crippen LogP contribution in [0.1, 0.15) is 24.5 Å². The lowest BCUT2D eigenvalue weighted by molar-refractivity contribution is -0.137. The van der Waals surface area contributed by atoms with Crippen LogP contribution in [0.5, 0.6) is 5.75 Å². The van der Waals surface area contributed by atoms with Crippen molar-refractivity contribution in [1.82, 2.24) is 5.32 Å². The summed E-state index contributed by atoms with van der Waals surface area (Å²) in [6.07, 6.45) is 2.49. The van der Waals surface area contributed by atoms with Gasteiger partial charge in [0.05, 0.1) is 23.6 Å². The molecule has 6 nitrogen and oxygen atoms in total. The topological polar surface area (TPSA) is 88.0 Å². The number of nitrogens with one attached hydrogen (secondary N) is 1. The summed E-state index contributed by atoms with van der Waals surface area (Å²) in [6.45, 7) is 2.13. The van der Waals surface area contributed by atoms with Gasteiger partial charge in [-0.05, 0) is 42.0 Å². The van der Waals surface area contributed by atoms with Crippen molar-refractivity contribution in [1.29, 1.82) is 0 Å². The van der Waals surface area contributed by atoms with Gasteiger partial charge >= 0.3 is 5.97 Å². The molecule has 1 saturated heterocycles. The molecule has 1 heterocycles. The van der Waals surface area contributed by atoms with Crippen molar-refractivity contribution < 1.29 is 19.4 Å². The number of amidine groups is 1. The molecule has 1 amide bonds. The number of rotatable bonds is 7. The highest BCUT2D eigenvalue weighted by atomic mass is 32.2. The second-order valence-corrected chi connectivity index (χ2v) is 7.02. The lowest BCUT2D eigenvalue weighted by Crippen LogP contribution is -2.19. The Hall–Kier alpha value is -3.06. The molecule has 0 unspecified atom stereocenters. The van der Waals surface area contributed by atoms with Crippen LogP contribution in [-0.2, 0) is 16.0 Å². The molecule has 144 valence electrons. The monoisotopic (exact) mass is 396 g/mol. The molecule has 7 heteroatoms. The third-order valence-corrected chi connectivity index (χ3v) is 4.93. The molecule has 0 saturated carbocycles. The molecule has 2 aromatic carbocycles. The first-order valence-corrected chi connectivity index (χ1v) is 9.69. The van der Waals surface area contributed by atoms with E-state index in [-0.39, 0.29) is 18.9 Å². The summed E-state index contributed by atoms with van der Waals surface area (Å²) in [4.78, 5) is 28.1. The Labute approximate surface area is 167 Å². The molecule has 28 heavy (non-hydrogen) atoms. The maximum Gasteiger partial charge on any atom is 0.306 e. The first-order chi connectivity index (χ1) is 13.6. The molecule has 0 spiro atoms. The number of benzene rings is 2. The molecular formula is C21H20N2O4S. The minimum absolute atomic E-state index is 0.0649. The average Bonchev–Trinajstić information content (AvgIpc) is 3.02. The van der Waals surface area contributed by atoms with Crippen LogP contribution < -0.4 is 10.1 Å². The van der Waals surface area contributed by atoms with Crippen LogP contribution in [0.2, 0.25) is 0 Å². The van der Waals surface area contributed by atoms with Crippen LogP contribution in [0.4, 0.5) is 5.69 Å². The van der Waals surface area contributed by atoms with Gasteiger partial charge in [-0.25, -0.2) is 4.99 Å². The Morgan fingerprint density at radius 3 is 2.75 bits per heavy atom. The van der Waals surface area contributed by atoms with Gasteiger partial charge in [0.25, 0.3) is 5.91 Å². The van der Waals surface area contributed by atoms with Gasteiger partial charge < -0.3 is 15.2 Å². The van der Waals surface area contributed by atoms with Gasteiger partial charge in [-0.3, -0.25) is 9.59 Å². The minimum Gasteiger partial charge on any atom is -0.492 e. The number of carbonyl (C=O) groups is 2. The average molecular weight is 396 g/mol. The molecule has 1 aliphatic heterocycles. The van der Waals surface area contributed by atoms with Gasteiger partial charge in [0.1, 0.15) is 5.75 Å². The van der Waals surface area contributed by atoms with E-state index < -0.39 is 5.97 Å². The Kier molecular flexibility index (Phi) is 6.49. The number of ether oxygens (including phenoxy) is 1. The Morgan fingerprint density at radius 1 is 1.21 bits per heavy atom. The number of carboxylic acid groups (broad SMARTS) is 1. The van der Waals surface area contributed by atoms with Gasteiger partial charge in [0.15, 0.2) is 5.17 Å². The number of hydrogen-bond donors (Lipinski definition) is 2.